The number of carboxylic acids is 2. The van der Waals surface area contributed by atoms with Gasteiger partial charge < -0.3 is 19.8 Å². The molecule has 0 bridgehead atoms. The lowest BCUT2D eigenvalue weighted by atomic mass is 10.2. The molecule has 1 aromatic heterocycles. The Balaban J connectivity index is 0.000000809. The van der Waals surface area contributed by atoms with Gasteiger partial charge in [-0.05, 0) is 37.1 Å². The molecular formula is C21H25ClF3N3O7S. The van der Waals surface area contributed by atoms with Crippen LogP contribution in [0.2, 0.25) is 5.02 Å². The molecule has 0 atom stereocenters. The summed E-state index contributed by atoms with van der Waals surface area (Å²) in [6.45, 7) is 5.27. The van der Waals surface area contributed by atoms with E-state index in [0.29, 0.717) is 18.9 Å². The number of aliphatic carboxylic acids is 1. The van der Waals surface area contributed by atoms with Crippen molar-refractivity contribution in [3.63, 3.8) is 0 Å². The molecular weight excluding hydrogens is 531 g/mol. The minimum Gasteiger partial charge on any atom is -0.495 e. The van der Waals surface area contributed by atoms with Gasteiger partial charge in [-0.1, -0.05) is 25.4 Å². The number of rotatable bonds is 10. The third kappa shape index (κ3) is 8.75. The van der Waals surface area contributed by atoms with Crippen LogP contribution in [0, 0.1) is 0 Å². The summed E-state index contributed by atoms with van der Waals surface area (Å²) in [6, 6.07) is 5.47. The van der Waals surface area contributed by atoms with Gasteiger partial charge in [-0.3, -0.25) is 4.72 Å². The lowest BCUT2D eigenvalue weighted by molar-refractivity contribution is -0.192. The van der Waals surface area contributed by atoms with Crippen molar-refractivity contribution in [2.24, 2.45) is 0 Å². The zero-order valence-corrected chi connectivity index (χ0v) is 21.0. The van der Waals surface area contributed by atoms with Crippen molar-refractivity contribution in [2.45, 2.75) is 37.8 Å². The number of nitrogens with zero attached hydrogens (tertiary/aromatic N) is 2. The van der Waals surface area contributed by atoms with Crippen molar-refractivity contribution in [2.75, 3.05) is 29.8 Å². The van der Waals surface area contributed by atoms with E-state index in [0.717, 1.165) is 12.8 Å². The predicted molar refractivity (Wildman–Crippen MR) is 126 cm³/mol. The van der Waals surface area contributed by atoms with Gasteiger partial charge in [-0.15, -0.1) is 0 Å². The van der Waals surface area contributed by atoms with Crippen molar-refractivity contribution in [1.82, 2.24) is 4.98 Å². The minimum atomic E-state index is -5.08. The Morgan fingerprint density at radius 3 is 2.14 bits per heavy atom. The number of carboxylic acid groups (broad SMARTS) is 2. The number of anilines is 2. The first-order valence-corrected chi connectivity index (χ1v) is 12.2. The fourth-order valence-electron chi connectivity index (χ4n) is 2.86. The minimum absolute atomic E-state index is 0.0288. The molecule has 3 N–H and O–H groups in total. The Labute approximate surface area is 210 Å². The molecule has 0 aliphatic rings. The van der Waals surface area contributed by atoms with Crippen LogP contribution in [0.3, 0.4) is 0 Å². The number of hydrogen-bond acceptors (Lipinski definition) is 7. The largest absolute Gasteiger partial charge is 0.495 e. The highest BCUT2D eigenvalue weighted by molar-refractivity contribution is 7.92. The maximum atomic E-state index is 12.8. The van der Waals surface area contributed by atoms with Crippen LogP contribution < -0.4 is 14.4 Å². The third-order valence-corrected chi connectivity index (χ3v) is 5.93. The summed E-state index contributed by atoms with van der Waals surface area (Å²) in [7, 11) is -2.74. The third-order valence-electron chi connectivity index (χ3n) is 4.29. The van der Waals surface area contributed by atoms with Crippen LogP contribution in [0.5, 0.6) is 5.75 Å². The molecule has 0 amide bonds. The number of sulfonamides is 1. The highest BCUT2D eigenvalue weighted by atomic mass is 35.5. The van der Waals surface area contributed by atoms with Gasteiger partial charge in [0, 0.05) is 18.1 Å². The Morgan fingerprint density at radius 2 is 1.69 bits per heavy atom. The van der Waals surface area contributed by atoms with Gasteiger partial charge in [0.2, 0.25) is 0 Å². The molecule has 0 aliphatic heterocycles. The van der Waals surface area contributed by atoms with Crippen LogP contribution in [0.1, 0.15) is 37.0 Å². The summed E-state index contributed by atoms with van der Waals surface area (Å²) < 4.78 is 64.8. The molecule has 15 heteroatoms. The average molecular weight is 556 g/mol. The van der Waals surface area contributed by atoms with Gasteiger partial charge in [0.15, 0.2) is 0 Å². The number of carbonyl (C=O) groups is 2. The molecule has 0 saturated heterocycles. The predicted octanol–water partition coefficient (Wildman–Crippen LogP) is 4.50. The first-order valence-electron chi connectivity index (χ1n) is 10.3. The molecule has 0 aliphatic carbocycles. The van der Waals surface area contributed by atoms with Gasteiger partial charge >= 0.3 is 18.1 Å². The number of methoxy groups -OCH3 is 1. The maximum absolute atomic E-state index is 12.8. The number of pyridine rings is 1. The smallest absolute Gasteiger partial charge is 0.490 e. The number of halogens is 4. The van der Waals surface area contributed by atoms with Crippen LogP contribution in [-0.2, 0) is 14.8 Å². The van der Waals surface area contributed by atoms with Crippen LogP contribution in [-0.4, -0.2) is 61.9 Å². The van der Waals surface area contributed by atoms with E-state index in [1.165, 1.54) is 37.6 Å². The van der Waals surface area contributed by atoms with Crippen LogP contribution >= 0.6 is 11.6 Å². The van der Waals surface area contributed by atoms with Crippen LogP contribution in [0.25, 0.3) is 0 Å². The molecule has 0 fully saturated rings. The molecule has 0 spiro atoms. The van der Waals surface area contributed by atoms with Gasteiger partial charge in [0.25, 0.3) is 10.0 Å². The van der Waals surface area contributed by atoms with E-state index in [-0.39, 0.29) is 26.9 Å². The number of ether oxygens (including phenoxy) is 1. The molecule has 2 rings (SSSR count). The van der Waals surface area contributed by atoms with Crippen LogP contribution in [0.4, 0.5) is 24.7 Å². The number of alkyl halides is 3. The van der Waals surface area contributed by atoms with E-state index in [2.05, 4.69) is 9.71 Å². The molecule has 0 unspecified atom stereocenters. The van der Waals surface area contributed by atoms with E-state index in [1.807, 2.05) is 18.7 Å². The normalized spacial score (nSPS) is 11.2. The SMILES string of the molecule is CCCN(CCC)c1ncc(NS(=O)(=O)c2cc(Cl)ccc2OC)cc1C(=O)O.O=C(O)C(F)(F)F. The molecule has 0 saturated carbocycles. The quantitative estimate of drug-likeness (QED) is 0.385. The average Bonchev–Trinajstić information content (AvgIpc) is 2.78. The van der Waals surface area contributed by atoms with Gasteiger partial charge in [0.05, 0.1) is 19.0 Å². The van der Waals surface area contributed by atoms with E-state index >= 15 is 0 Å². The summed E-state index contributed by atoms with van der Waals surface area (Å²) in [6.07, 6.45) is -2.14. The van der Waals surface area contributed by atoms with Crippen molar-refractivity contribution >= 4 is 45.1 Å². The van der Waals surface area contributed by atoms with Gasteiger partial charge in [0.1, 0.15) is 22.0 Å². The zero-order chi connectivity index (χ0) is 27.7. The Hall–Kier alpha value is -3.26. The number of aromatic nitrogens is 1. The Morgan fingerprint density at radius 1 is 1.14 bits per heavy atom. The zero-order valence-electron chi connectivity index (χ0n) is 19.5. The van der Waals surface area contributed by atoms with Crippen LogP contribution in [0.15, 0.2) is 35.4 Å². The summed E-state index contributed by atoms with van der Waals surface area (Å²) in [5.41, 5.74) is -0.0497. The Bertz CT molecular complexity index is 1170. The molecule has 0 radical (unpaired) electrons. The molecule has 1 aromatic carbocycles. The van der Waals surface area contributed by atoms with E-state index < -0.39 is 28.1 Å². The first kappa shape index (κ1) is 30.8. The lowest BCUT2D eigenvalue weighted by Gasteiger charge is -2.24. The maximum Gasteiger partial charge on any atom is 0.490 e. The molecule has 10 nitrogen and oxygen atoms in total. The fourth-order valence-corrected chi connectivity index (χ4v) is 4.32. The number of benzene rings is 1. The number of aromatic carboxylic acids is 1. The van der Waals surface area contributed by atoms with Crippen molar-refractivity contribution in [3.8, 4) is 5.75 Å². The van der Waals surface area contributed by atoms with E-state index in [9.17, 15) is 31.5 Å². The number of hydrogen-bond donors (Lipinski definition) is 3. The highest BCUT2D eigenvalue weighted by Gasteiger charge is 2.38. The first-order chi connectivity index (χ1) is 16.7. The second kappa shape index (κ2) is 13.2. The standard InChI is InChI=1S/C19H24ClN3O5S.C2HF3O2/c1-4-8-23(9-5-2)18-15(19(24)25)11-14(12-21-18)22-29(26,27)17-10-13(20)6-7-16(17)28-3;3-2(4,5)1(6)7/h6-7,10-12,22H,4-5,8-9H2,1-3H3,(H,24,25);(H,6,7). The van der Waals surface area contributed by atoms with Crippen molar-refractivity contribution in [3.05, 3.63) is 41.0 Å². The summed E-state index contributed by atoms with van der Waals surface area (Å²) in [4.78, 5) is 26.6. The molecule has 1 heterocycles. The molecule has 2 aromatic rings. The van der Waals surface area contributed by atoms with E-state index in [4.69, 9.17) is 26.2 Å². The second-order valence-electron chi connectivity index (χ2n) is 7.09. The molecule has 36 heavy (non-hydrogen) atoms. The van der Waals surface area contributed by atoms with Crippen molar-refractivity contribution in [1.29, 1.82) is 0 Å². The Kier molecular flexibility index (Phi) is 11.2. The molecule has 200 valence electrons. The fraction of sp³-hybridized carbons (Fsp3) is 0.381. The monoisotopic (exact) mass is 555 g/mol. The lowest BCUT2D eigenvalue weighted by Crippen LogP contribution is -2.28. The number of nitrogens with one attached hydrogen (secondary N) is 1. The van der Waals surface area contributed by atoms with Gasteiger partial charge in [-0.25, -0.2) is 23.0 Å². The van der Waals surface area contributed by atoms with Gasteiger partial charge in [-0.2, -0.15) is 13.2 Å². The summed E-state index contributed by atoms with van der Waals surface area (Å²) in [5, 5.41) is 17.0. The van der Waals surface area contributed by atoms with E-state index in [1.54, 1.807) is 0 Å². The summed E-state index contributed by atoms with van der Waals surface area (Å²) >= 11 is 5.92. The summed E-state index contributed by atoms with van der Waals surface area (Å²) in [5.74, 6) is -3.52. The highest BCUT2D eigenvalue weighted by Crippen LogP contribution is 2.30. The van der Waals surface area contributed by atoms with Crippen molar-refractivity contribution < 1.29 is 46.1 Å². The topological polar surface area (TPSA) is 146 Å². The second-order valence-corrected chi connectivity index (χ2v) is 9.18.